The van der Waals surface area contributed by atoms with E-state index in [9.17, 15) is 0 Å². The van der Waals surface area contributed by atoms with Crippen molar-refractivity contribution in [3.8, 4) is 0 Å². The van der Waals surface area contributed by atoms with Crippen molar-refractivity contribution in [2.75, 3.05) is 33.8 Å². The van der Waals surface area contributed by atoms with Gasteiger partial charge in [0.25, 0.3) is 0 Å². The van der Waals surface area contributed by atoms with E-state index in [0.29, 0.717) is 6.04 Å². The van der Waals surface area contributed by atoms with Gasteiger partial charge in [0.2, 0.25) is 0 Å². The van der Waals surface area contributed by atoms with Crippen LogP contribution < -0.4 is 5.32 Å². The molecule has 0 spiro atoms. The summed E-state index contributed by atoms with van der Waals surface area (Å²) in [5, 5.41) is 12.0. The van der Waals surface area contributed by atoms with E-state index in [1.165, 1.54) is 19.3 Å². The zero-order chi connectivity index (χ0) is 10.1. The molecule has 0 aromatic rings. The maximum absolute atomic E-state index is 8.71. The fourth-order valence-electron chi connectivity index (χ4n) is 1.44. The Morgan fingerprint density at radius 1 is 1.31 bits per heavy atom. The lowest BCUT2D eigenvalue weighted by Crippen LogP contribution is -2.31. The molecular formula is C10H24N2O. The number of hydrogen-bond acceptors (Lipinski definition) is 3. The van der Waals surface area contributed by atoms with Crippen LogP contribution in [0.25, 0.3) is 0 Å². The van der Waals surface area contributed by atoms with Gasteiger partial charge < -0.3 is 15.3 Å². The molecule has 0 aliphatic carbocycles. The van der Waals surface area contributed by atoms with Gasteiger partial charge in [-0.25, -0.2) is 0 Å². The highest BCUT2D eigenvalue weighted by molar-refractivity contribution is 4.65. The summed E-state index contributed by atoms with van der Waals surface area (Å²) in [6.45, 7) is 4.31. The predicted octanol–water partition coefficient (Wildman–Crippen LogP) is 0.689. The molecule has 3 heteroatoms. The first-order valence-corrected chi connectivity index (χ1v) is 5.21. The third-order valence-corrected chi connectivity index (χ3v) is 2.39. The predicted molar refractivity (Wildman–Crippen MR) is 57.0 cm³/mol. The lowest BCUT2D eigenvalue weighted by Gasteiger charge is -2.20. The number of nitrogens with one attached hydrogen (secondary N) is 1. The van der Waals surface area contributed by atoms with E-state index < -0.39 is 0 Å². The Balaban J connectivity index is 3.46. The monoisotopic (exact) mass is 188 g/mol. The molecule has 2 N–H and O–H groups in total. The molecule has 0 saturated carbocycles. The molecule has 0 heterocycles. The largest absolute Gasteiger partial charge is 0.395 e. The van der Waals surface area contributed by atoms with Crippen LogP contribution in [0.3, 0.4) is 0 Å². The van der Waals surface area contributed by atoms with Crippen molar-refractivity contribution in [3.05, 3.63) is 0 Å². The van der Waals surface area contributed by atoms with Crippen LogP contribution >= 0.6 is 0 Å². The molecule has 80 valence electrons. The summed E-state index contributed by atoms with van der Waals surface area (Å²) in [6.07, 6.45) is 3.64. The van der Waals surface area contributed by atoms with Crippen molar-refractivity contribution in [1.82, 2.24) is 10.2 Å². The van der Waals surface area contributed by atoms with Crippen molar-refractivity contribution >= 4 is 0 Å². The minimum Gasteiger partial charge on any atom is -0.395 e. The highest BCUT2D eigenvalue weighted by atomic mass is 16.3. The smallest absolute Gasteiger partial charge is 0.0558 e. The van der Waals surface area contributed by atoms with Gasteiger partial charge in [-0.1, -0.05) is 13.3 Å². The third-order valence-electron chi connectivity index (χ3n) is 2.39. The number of aliphatic hydroxyl groups is 1. The Bertz CT molecular complexity index is 109. The molecule has 0 bridgehead atoms. The van der Waals surface area contributed by atoms with Gasteiger partial charge in [0.05, 0.1) is 6.61 Å². The van der Waals surface area contributed by atoms with Crippen LogP contribution in [0.4, 0.5) is 0 Å². The minimum atomic E-state index is 0.258. The minimum absolute atomic E-state index is 0.258. The van der Waals surface area contributed by atoms with Gasteiger partial charge in [-0.2, -0.15) is 0 Å². The number of nitrogens with zero attached hydrogens (tertiary/aromatic N) is 1. The molecule has 13 heavy (non-hydrogen) atoms. The van der Waals surface area contributed by atoms with Crippen LogP contribution in [-0.4, -0.2) is 49.8 Å². The van der Waals surface area contributed by atoms with Crippen LogP contribution in [-0.2, 0) is 0 Å². The standard InChI is InChI=1S/C10H24N2O/c1-4-5-10(11-2)6-7-12(3)8-9-13/h10-11,13H,4-9H2,1-3H3. The second-order valence-corrected chi connectivity index (χ2v) is 3.59. The second-order valence-electron chi connectivity index (χ2n) is 3.59. The number of likely N-dealkylation sites (N-methyl/N-ethyl adjacent to an activating group) is 1. The van der Waals surface area contributed by atoms with E-state index in [4.69, 9.17) is 5.11 Å². The Hall–Kier alpha value is -0.120. The van der Waals surface area contributed by atoms with E-state index in [0.717, 1.165) is 13.1 Å². The zero-order valence-electron chi connectivity index (χ0n) is 9.21. The van der Waals surface area contributed by atoms with Crippen LogP contribution in [0, 0.1) is 0 Å². The fourth-order valence-corrected chi connectivity index (χ4v) is 1.44. The second kappa shape index (κ2) is 8.48. The Morgan fingerprint density at radius 2 is 2.00 bits per heavy atom. The highest BCUT2D eigenvalue weighted by Gasteiger charge is 2.05. The van der Waals surface area contributed by atoms with E-state index in [1.807, 2.05) is 7.05 Å². The number of aliphatic hydroxyl groups excluding tert-OH is 1. The SMILES string of the molecule is CCCC(CCN(C)CCO)NC. The molecule has 1 atom stereocenters. The van der Waals surface area contributed by atoms with Gasteiger partial charge in [-0.15, -0.1) is 0 Å². The Kier molecular flexibility index (Phi) is 8.40. The van der Waals surface area contributed by atoms with E-state index in [2.05, 4.69) is 24.2 Å². The summed E-state index contributed by atoms with van der Waals surface area (Å²) in [6, 6.07) is 0.631. The molecule has 0 aromatic carbocycles. The molecule has 0 radical (unpaired) electrons. The molecule has 0 fully saturated rings. The van der Waals surface area contributed by atoms with E-state index >= 15 is 0 Å². The normalized spacial score (nSPS) is 13.6. The summed E-state index contributed by atoms with van der Waals surface area (Å²) >= 11 is 0. The number of rotatable bonds is 8. The first-order valence-electron chi connectivity index (χ1n) is 5.21. The summed E-state index contributed by atoms with van der Waals surface area (Å²) in [5.41, 5.74) is 0. The van der Waals surface area contributed by atoms with Gasteiger partial charge in [-0.3, -0.25) is 0 Å². The fraction of sp³-hybridized carbons (Fsp3) is 1.00. The van der Waals surface area contributed by atoms with Gasteiger partial charge in [-0.05, 0) is 33.5 Å². The van der Waals surface area contributed by atoms with Crippen LogP contribution in [0.2, 0.25) is 0 Å². The zero-order valence-corrected chi connectivity index (χ0v) is 9.21. The van der Waals surface area contributed by atoms with Crippen molar-refractivity contribution in [2.45, 2.75) is 32.2 Å². The lowest BCUT2D eigenvalue weighted by molar-refractivity contribution is 0.215. The van der Waals surface area contributed by atoms with Crippen molar-refractivity contribution in [1.29, 1.82) is 0 Å². The molecule has 1 unspecified atom stereocenters. The molecule has 0 rings (SSSR count). The molecule has 0 amide bonds. The summed E-state index contributed by atoms with van der Waals surface area (Å²) < 4.78 is 0. The first-order chi connectivity index (χ1) is 6.24. The van der Waals surface area contributed by atoms with Crippen molar-refractivity contribution < 1.29 is 5.11 Å². The summed E-state index contributed by atoms with van der Waals surface area (Å²) in [7, 11) is 4.07. The summed E-state index contributed by atoms with van der Waals surface area (Å²) in [5.74, 6) is 0. The summed E-state index contributed by atoms with van der Waals surface area (Å²) in [4.78, 5) is 2.17. The van der Waals surface area contributed by atoms with Gasteiger partial charge in [0.15, 0.2) is 0 Å². The molecule has 0 aromatic heterocycles. The topological polar surface area (TPSA) is 35.5 Å². The van der Waals surface area contributed by atoms with Crippen molar-refractivity contribution in [2.24, 2.45) is 0 Å². The van der Waals surface area contributed by atoms with Crippen LogP contribution in [0.1, 0.15) is 26.2 Å². The molecule has 3 nitrogen and oxygen atoms in total. The van der Waals surface area contributed by atoms with E-state index in [1.54, 1.807) is 0 Å². The van der Waals surface area contributed by atoms with Gasteiger partial charge in [0, 0.05) is 12.6 Å². The highest BCUT2D eigenvalue weighted by Crippen LogP contribution is 2.01. The third kappa shape index (κ3) is 6.99. The molecule has 0 aliphatic heterocycles. The Labute approximate surface area is 82.1 Å². The average molecular weight is 188 g/mol. The van der Waals surface area contributed by atoms with Crippen molar-refractivity contribution in [3.63, 3.8) is 0 Å². The maximum atomic E-state index is 8.71. The quantitative estimate of drug-likeness (QED) is 0.588. The average Bonchev–Trinajstić information content (AvgIpc) is 2.12. The lowest BCUT2D eigenvalue weighted by atomic mass is 10.1. The molecule has 0 aliphatic rings. The molecule has 0 saturated heterocycles. The van der Waals surface area contributed by atoms with E-state index in [-0.39, 0.29) is 6.61 Å². The first kappa shape index (κ1) is 12.9. The van der Waals surface area contributed by atoms with Gasteiger partial charge >= 0.3 is 0 Å². The van der Waals surface area contributed by atoms with Gasteiger partial charge in [0.1, 0.15) is 0 Å². The van der Waals surface area contributed by atoms with Crippen LogP contribution in [0.5, 0.6) is 0 Å². The number of hydrogen-bond donors (Lipinski definition) is 2. The Morgan fingerprint density at radius 3 is 2.46 bits per heavy atom. The van der Waals surface area contributed by atoms with Crippen LogP contribution in [0.15, 0.2) is 0 Å². The molecular weight excluding hydrogens is 164 g/mol. The maximum Gasteiger partial charge on any atom is 0.0558 e.